The van der Waals surface area contributed by atoms with Gasteiger partial charge < -0.3 is 18.8 Å². The second-order valence-corrected chi connectivity index (χ2v) is 6.82. The van der Waals surface area contributed by atoms with Gasteiger partial charge in [0.15, 0.2) is 0 Å². The summed E-state index contributed by atoms with van der Waals surface area (Å²) in [6, 6.07) is 3.54. The van der Waals surface area contributed by atoms with Crippen LogP contribution in [0.15, 0.2) is 21.3 Å². The zero-order valence-corrected chi connectivity index (χ0v) is 15.6. The molecule has 0 bridgehead atoms. The van der Waals surface area contributed by atoms with Gasteiger partial charge in [-0.2, -0.15) is 0 Å². The molecular weight excluding hydrogens is 318 g/mol. The fraction of sp³-hybridized carbons (Fsp3) is 0.550. The van der Waals surface area contributed by atoms with Gasteiger partial charge in [-0.25, -0.2) is 4.79 Å². The lowest BCUT2D eigenvalue weighted by atomic mass is 9.86. The average Bonchev–Trinajstić information content (AvgIpc) is 2.61. The summed E-state index contributed by atoms with van der Waals surface area (Å²) in [6.07, 6.45) is 3.82. The molecule has 0 atom stereocenters. The van der Waals surface area contributed by atoms with Gasteiger partial charge in [0.25, 0.3) is 0 Å². The van der Waals surface area contributed by atoms with E-state index in [4.69, 9.17) is 13.9 Å². The van der Waals surface area contributed by atoms with E-state index in [1.807, 2.05) is 6.07 Å². The Hall–Kier alpha value is -2.01. The van der Waals surface area contributed by atoms with Crippen LogP contribution in [0.25, 0.3) is 11.0 Å². The molecule has 5 nitrogen and oxygen atoms in total. The number of aryl methyl sites for hydroxylation is 1. The molecule has 0 unspecified atom stereocenters. The maximum Gasteiger partial charge on any atom is 0.336 e. The number of hydrogen-bond donors (Lipinski definition) is 0. The van der Waals surface area contributed by atoms with Crippen molar-refractivity contribution in [3.63, 3.8) is 0 Å². The number of likely N-dealkylation sites (tertiary alicyclic amines) is 1. The molecule has 1 aromatic heterocycles. The highest BCUT2D eigenvalue weighted by Crippen LogP contribution is 2.43. The highest BCUT2D eigenvalue weighted by Gasteiger charge is 2.27. The third-order valence-electron chi connectivity index (χ3n) is 5.15. The third kappa shape index (κ3) is 3.38. The van der Waals surface area contributed by atoms with Crippen molar-refractivity contribution in [1.29, 1.82) is 0 Å². The summed E-state index contributed by atoms with van der Waals surface area (Å²) in [5, 5.41) is 0.915. The van der Waals surface area contributed by atoms with Gasteiger partial charge in [-0.1, -0.05) is 13.3 Å². The molecule has 2 aromatic rings. The zero-order chi connectivity index (χ0) is 18.0. The molecule has 3 rings (SSSR count). The van der Waals surface area contributed by atoms with Crippen molar-refractivity contribution in [3.05, 3.63) is 33.7 Å². The largest absolute Gasteiger partial charge is 0.496 e. The first-order chi connectivity index (χ1) is 12.1. The van der Waals surface area contributed by atoms with Crippen LogP contribution in [0.2, 0.25) is 0 Å². The average molecular weight is 345 g/mol. The van der Waals surface area contributed by atoms with E-state index in [0.29, 0.717) is 17.3 Å². The van der Waals surface area contributed by atoms with E-state index in [0.717, 1.165) is 61.0 Å². The van der Waals surface area contributed by atoms with E-state index >= 15 is 0 Å². The summed E-state index contributed by atoms with van der Waals surface area (Å²) in [6.45, 7) is 4.16. The number of fused-ring (bicyclic) bond motifs is 1. The van der Waals surface area contributed by atoms with Crippen LogP contribution in [0.3, 0.4) is 0 Å². The summed E-state index contributed by atoms with van der Waals surface area (Å²) >= 11 is 0. The molecule has 1 aromatic carbocycles. The number of piperidine rings is 1. The molecule has 0 radical (unpaired) electrons. The van der Waals surface area contributed by atoms with Crippen LogP contribution in [0, 0.1) is 0 Å². The fourth-order valence-electron chi connectivity index (χ4n) is 3.86. The predicted octanol–water partition coefficient (Wildman–Crippen LogP) is 3.57. The van der Waals surface area contributed by atoms with E-state index in [-0.39, 0.29) is 5.63 Å². The lowest BCUT2D eigenvalue weighted by molar-refractivity contribution is 0.252. The van der Waals surface area contributed by atoms with Gasteiger partial charge in [-0.3, -0.25) is 0 Å². The summed E-state index contributed by atoms with van der Waals surface area (Å²) in [7, 11) is 5.44. The first kappa shape index (κ1) is 17.8. The number of nitrogens with zero attached hydrogens (tertiary/aromatic N) is 1. The van der Waals surface area contributed by atoms with Crippen molar-refractivity contribution >= 4 is 11.0 Å². The van der Waals surface area contributed by atoms with Gasteiger partial charge in [-0.05, 0) is 50.9 Å². The molecule has 0 saturated carbocycles. The summed E-state index contributed by atoms with van der Waals surface area (Å²) in [4.78, 5) is 14.5. The van der Waals surface area contributed by atoms with E-state index in [9.17, 15) is 4.79 Å². The topological polar surface area (TPSA) is 51.9 Å². The van der Waals surface area contributed by atoms with Crippen LogP contribution in [0.5, 0.6) is 11.5 Å². The van der Waals surface area contributed by atoms with Crippen LogP contribution in [-0.4, -0.2) is 39.3 Å². The van der Waals surface area contributed by atoms with Gasteiger partial charge in [0.2, 0.25) is 0 Å². The van der Waals surface area contributed by atoms with E-state index in [1.54, 1.807) is 20.3 Å². The van der Waals surface area contributed by atoms with E-state index in [2.05, 4.69) is 18.9 Å². The standard InChI is InChI=1S/C20H27NO4/c1-5-6-14-11-17(22)25-20-18(13-7-9-21(2)10-8-13)15(23-3)12-16(24-4)19(14)20/h11-13H,5-10H2,1-4H3. The van der Waals surface area contributed by atoms with Gasteiger partial charge in [-0.15, -0.1) is 0 Å². The van der Waals surface area contributed by atoms with Crippen molar-refractivity contribution in [2.24, 2.45) is 0 Å². The fourth-order valence-corrected chi connectivity index (χ4v) is 3.86. The van der Waals surface area contributed by atoms with Crippen molar-refractivity contribution in [2.75, 3.05) is 34.4 Å². The second-order valence-electron chi connectivity index (χ2n) is 6.82. The Labute approximate surface area is 148 Å². The minimum Gasteiger partial charge on any atom is -0.496 e. The van der Waals surface area contributed by atoms with Crippen molar-refractivity contribution in [1.82, 2.24) is 4.90 Å². The van der Waals surface area contributed by atoms with E-state index < -0.39 is 0 Å². The number of ether oxygens (including phenoxy) is 2. The number of benzene rings is 1. The molecule has 1 aliphatic rings. The Bertz CT molecular complexity index is 803. The Morgan fingerprint density at radius 1 is 1.16 bits per heavy atom. The van der Waals surface area contributed by atoms with Crippen LogP contribution in [0.4, 0.5) is 0 Å². The molecule has 0 spiro atoms. The van der Waals surface area contributed by atoms with Gasteiger partial charge >= 0.3 is 5.63 Å². The zero-order valence-electron chi connectivity index (χ0n) is 15.6. The maximum atomic E-state index is 12.2. The summed E-state index contributed by atoms with van der Waals surface area (Å²) in [5.41, 5.74) is 2.34. The molecule has 25 heavy (non-hydrogen) atoms. The maximum absolute atomic E-state index is 12.2. The lowest BCUT2D eigenvalue weighted by Gasteiger charge is -2.30. The normalized spacial score (nSPS) is 16.3. The molecule has 0 N–H and O–H groups in total. The van der Waals surface area contributed by atoms with Gasteiger partial charge in [0, 0.05) is 17.7 Å². The predicted molar refractivity (Wildman–Crippen MR) is 99.1 cm³/mol. The third-order valence-corrected chi connectivity index (χ3v) is 5.15. The monoisotopic (exact) mass is 345 g/mol. The Balaban J connectivity index is 2.28. The van der Waals surface area contributed by atoms with Crippen LogP contribution >= 0.6 is 0 Å². The highest BCUT2D eigenvalue weighted by molar-refractivity contribution is 5.91. The SMILES string of the molecule is CCCc1cc(=O)oc2c(C3CCN(C)CC3)c(OC)cc(OC)c12. The molecule has 0 amide bonds. The first-order valence-corrected chi connectivity index (χ1v) is 8.99. The molecule has 1 saturated heterocycles. The first-order valence-electron chi connectivity index (χ1n) is 8.99. The highest BCUT2D eigenvalue weighted by atomic mass is 16.5. The van der Waals surface area contributed by atoms with Crippen molar-refractivity contribution < 1.29 is 13.9 Å². The number of hydrogen-bond acceptors (Lipinski definition) is 5. The molecular formula is C20H27NO4. The molecule has 0 aliphatic carbocycles. The van der Waals surface area contributed by atoms with Gasteiger partial charge in [0.1, 0.15) is 17.1 Å². The summed E-state index contributed by atoms with van der Waals surface area (Å²) < 4.78 is 17.0. The van der Waals surface area contributed by atoms with Gasteiger partial charge in [0.05, 0.1) is 19.6 Å². The Morgan fingerprint density at radius 2 is 1.84 bits per heavy atom. The minimum absolute atomic E-state index is 0.305. The van der Waals surface area contributed by atoms with Crippen LogP contribution in [-0.2, 0) is 6.42 Å². The van der Waals surface area contributed by atoms with Crippen molar-refractivity contribution in [3.8, 4) is 11.5 Å². The Morgan fingerprint density at radius 3 is 2.44 bits per heavy atom. The number of methoxy groups -OCH3 is 2. The van der Waals surface area contributed by atoms with Crippen LogP contribution in [0.1, 0.15) is 43.2 Å². The molecule has 1 fully saturated rings. The van der Waals surface area contributed by atoms with Crippen LogP contribution < -0.4 is 15.1 Å². The smallest absolute Gasteiger partial charge is 0.336 e. The molecule has 1 aliphatic heterocycles. The lowest BCUT2D eigenvalue weighted by Crippen LogP contribution is -2.29. The molecule has 136 valence electrons. The van der Waals surface area contributed by atoms with Crippen molar-refractivity contribution in [2.45, 2.75) is 38.5 Å². The summed E-state index contributed by atoms with van der Waals surface area (Å²) in [5.74, 6) is 1.77. The second kappa shape index (κ2) is 7.48. The van der Waals surface area contributed by atoms with E-state index in [1.165, 1.54) is 0 Å². The Kier molecular flexibility index (Phi) is 5.33. The molecule has 5 heteroatoms. The quantitative estimate of drug-likeness (QED) is 0.776. The number of rotatable bonds is 5. The molecule has 2 heterocycles. The minimum atomic E-state index is -0.305.